The molecule has 0 aliphatic heterocycles. The van der Waals surface area contributed by atoms with Crippen LogP contribution >= 0.6 is 0 Å². The van der Waals surface area contributed by atoms with Crippen molar-refractivity contribution in [2.45, 2.75) is 37.8 Å². The van der Waals surface area contributed by atoms with Crippen LogP contribution in [0.25, 0.3) is 0 Å². The Morgan fingerprint density at radius 3 is 2.68 bits per heavy atom. The summed E-state index contributed by atoms with van der Waals surface area (Å²) in [6, 6.07) is 8.92. The molecule has 1 aliphatic rings. The Morgan fingerprint density at radius 1 is 1.20 bits per heavy atom. The molecule has 2 amide bonds. The van der Waals surface area contributed by atoms with E-state index in [4.69, 9.17) is 10.00 Å². The fourth-order valence-corrected chi connectivity index (χ4v) is 2.80. The van der Waals surface area contributed by atoms with Gasteiger partial charge in [0.1, 0.15) is 12.2 Å². The highest BCUT2D eigenvalue weighted by molar-refractivity contribution is 5.89. The van der Waals surface area contributed by atoms with Crippen LogP contribution in [0.2, 0.25) is 0 Å². The number of nitrogens with one attached hydrogen (secondary N) is 2. The molecule has 7 heteroatoms. The van der Waals surface area contributed by atoms with Gasteiger partial charge in [-0.3, -0.25) is 4.98 Å². The molecule has 2 N–H and O–H groups in total. The zero-order valence-corrected chi connectivity index (χ0v) is 13.7. The maximum atomic E-state index is 12.0. The van der Waals surface area contributed by atoms with Crippen LogP contribution in [0.1, 0.15) is 31.2 Å². The van der Waals surface area contributed by atoms with Crippen molar-refractivity contribution in [2.24, 2.45) is 0 Å². The first-order chi connectivity index (χ1) is 12.2. The smallest absolute Gasteiger partial charge is 0.319 e. The van der Waals surface area contributed by atoms with Crippen molar-refractivity contribution in [1.82, 2.24) is 15.3 Å². The van der Waals surface area contributed by atoms with Crippen molar-refractivity contribution >= 4 is 11.7 Å². The SMILES string of the molecule is N#Cc1ccc(OC2CCC(NC(=O)Nc3cccnc3)CC2)nc1. The van der Waals surface area contributed by atoms with Crippen LogP contribution in [0.5, 0.6) is 5.88 Å². The van der Waals surface area contributed by atoms with E-state index in [2.05, 4.69) is 20.6 Å². The Morgan fingerprint density at radius 2 is 2.04 bits per heavy atom. The molecule has 0 saturated heterocycles. The minimum atomic E-state index is -0.217. The third-order valence-corrected chi connectivity index (χ3v) is 4.08. The monoisotopic (exact) mass is 337 g/mol. The van der Waals surface area contributed by atoms with E-state index in [1.54, 1.807) is 36.7 Å². The fourth-order valence-electron chi connectivity index (χ4n) is 2.80. The number of ether oxygens (including phenoxy) is 1. The first kappa shape index (κ1) is 16.7. The standard InChI is InChI=1S/C18H19N5O2/c19-10-13-3-8-17(21-11-13)25-16-6-4-14(5-7-16)22-18(24)23-15-2-1-9-20-12-15/h1-3,8-9,11-12,14,16H,4-7H2,(H2,22,23,24). The first-order valence-corrected chi connectivity index (χ1v) is 8.23. The third-order valence-electron chi connectivity index (χ3n) is 4.08. The van der Waals surface area contributed by atoms with Gasteiger partial charge in [-0.1, -0.05) is 0 Å². The molecule has 128 valence electrons. The second kappa shape index (κ2) is 8.11. The average Bonchev–Trinajstić information content (AvgIpc) is 2.65. The summed E-state index contributed by atoms with van der Waals surface area (Å²) >= 11 is 0. The zero-order valence-electron chi connectivity index (χ0n) is 13.7. The topological polar surface area (TPSA) is 99.9 Å². The van der Waals surface area contributed by atoms with E-state index in [-0.39, 0.29) is 18.2 Å². The van der Waals surface area contributed by atoms with Gasteiger partial charge in [0.05, 0.1) is 17.4 Å². The Labute approximate surface area is 146 Å². The number of rotatable bonds is 4. The lowest BCUT2D eigenvalue weighted by Gasteiger charge is -2.29. The van der Waals surface area contributed by atoms with Crippen molar-refractivity contribution in [3.63, 3.8) is 0 Å². The van der Waals surface area contributed by atoms with Gasteiger partial charge >= 0.3 is 6.03 Å². The number of aromatic nitrogens is 2. The van der Waals surface area contributed by atoms with Crippen molar-refractivity contribution in [2.75, 3.05) is 5.32 Å². The molecule has 0 atom stereocenters. The van der Waals surface area contributed by atoms with Crippen LogP contribution in [0.3, 0.4) is 0 Å². The lowest BCUT2D eigenvalue weighted by atomic mass is 9.93. The van der Waals surface area contributed by atoms with E-state index in [9.17, 15) is 4.79 Å². The van der Waals surface area contributed by atoms with Crippen LogP contribution in [0.4, 0.5) is 10.5 Å². The van der Waals surface area contributed by atoms with Crippen molar-refractivity contribution in [1.29, 1.82) is 5.26 Å². The maximum Gasteiger partial charge on any atom is 0.319 e. The van der Waals surface area contributed by atoms with Crippen LogP contribution in [-0.2, 0) is 0 Å². The van der Waals surface area contributed by atoms with Crippen LogP contribution in [-0.4, -0.2) is 28.1 Å². The number of anilines is 1. The molecule has 2 heterocycles. The molecule has 2 aromatic rings. The summed E-state index contributed by atoms with van der Waals surface area (Å²) in [6.45, 7) is 0. The molecule has 7 nitrogen and oxygen atoms in total. The Kier molecular flexibility index (Phi) is 5.42. The predicted molar refractivity (Wildman–Crippen MR) is 92.0 cm³/mol. The third kappa shape index (κ3) is 4.91. The highest BCUT2D eigenvalue weighted by Crippen LogP contribution is 2.23. The quantitative estimate of drug-likeness (QED) is 0.893. The summed E-state index contributed by atoms with van der Waals surface area (Å²) in [7, 11) is 0. The Hall–Kier alpha value is -3.14. The largest absolute Gasteiger partial charge is 0.474 e. The molecule has 0 unspecified atom stereocenters. The van der Waals surface area contributed by atoms with E-state index >= 15 is 0 Å². The molecule has 0 spiro atoms. The Bertz CT molecular complexity index is 734. The van der Waals surface area contributed by atoms with Gasteiger partial charge in [0.2, 0.25) is 5.88 Å². The average molecular weight is 337 g/mol. The minimum Gasteiger partial charge on any atom is -0.474 e. The first-order valence-electron chi connectivity index (χ1n) is 8.23. The van der Waals surface area contributed by atoms with Gasteiger partial charge in [-0.2, -0.15) is 5.26 Å². The summed E-state index contributed by atoms with van der Waals surface area (Å²) in [5.41, 5.74) is 1.18. The number of carbonyl (C=O) groups is 1. The number of nitriles is 1. The van der Waals surface area contributed by atoms with Gasteiger partial charge in [-0.05, 0) is 43.9 Å². The molecule has 0 radical (unpaired) electrons. The molecule has 3 rings (SSSR count). The summed E-state index contributed by atoms with van der Waals surface area (Å²) in [4.78, 5) is 20.1. The summed E-state index contributed by atoms with van der Waals surface area (Å²) < 4.78 is 5.85. The number of carbonyl (C=O) groups excluding carboxylic acids is 1. The molecule has 25 heavy (non-hydrogen) atoms. The summed E-state index contributed by atoms with van der Waals surface area (Å²) in [5.74, 6) is 0.532. The molecule has 1 fully saturated rings. The van der Waals surface area contributed by atoms with Gasteiger partial charge in [0, 0.05) is 24.5 Å². The molecular formula is C18H19N5O2. The van der Waals surface area contributed by atoms with Gasteiger partial charge in [-0.25, -0.2) is 9.78 Å². The van der Waals surface area contributed by atoms with E-state index in [0.29, 0.717) is 17.1 Å². The summed E-state index contributed by atoms with van der Waals surface area (Å²) in [6.07, 6.45) is 8.25. The number of nitrogens with zero attached hydrogens (tertiary/aromatic N) is 3. The highest BCUT2D eigenvalue weighted by atomic mass is 16.5. The number of hydrogen-bond donors (Lipinski definition) is 2. The van der Waals surface area contributed by atoms with Crippen molar-refractivity contribution in [3.8, 4) is 11.9 Å². The highest BCUT2D eigenvalue weighted by Gasteiger charge is 2.24. The Balaban J connectivity index is 1.42. The second-order valence-electron chi connectivity index (χ2n) is 5.93. The van der Waals surface area contributed by atoms with Gasteiger partial charge in [-0.15, -0.1) is 0 Å². The molecule has 0 aromatic carbocycles. The number of amides is 2. The molecular weight excluding hydrogens is 318 g/mol. The molecule has 2 aromatic heterocycles. The van der Waals surface area contributed by atoms with Crippen molar-refractivity contribution < 1.29 is 9.53 Å². The number of hydrogen-bond acceptors (Lipinski definition) is 5. The van der Waals surface area contributed by atoms with Gasteiger partial charge in [0.25, 0.3) is 0 Å². The second-order valence-corrected chi connectivity index (χ2v) is 5.93. The van der Waals surface area contributed by atoms with E-state index in [1.807, 2.05) is 6.07 Å². The van der Waals surface area contributed by atoms with E-state index in [1.165, 1.54) is 6.20 Å². The minimum absolute atomic E-state index is 0.0832. The fraction of sp³-hybridized carbons (Fsp3) is 0.333. The zero-order chi connectivity index (χ0) is 17.5. The van der Waals surface area contributed by atoms with E-state index in [0.717, 1.165) is 25.7 Å². The summed E-state index contributed by atoms with van der Waals surface area (Å²) in [5, 5.41) is 14.5. The van der Waals surface area contributed by atoms with Crippen LogP contribution in [0, 0.1) is 11.3 Å². The molecule has 1 aliphatic carbocycles. The van der Waals surface area contributed by atoms with Gasteiger partial charge in [0.15, 0.2) is 0 Å². The predicted octanol–water partition coefficient (Wildman–Crippen LogP) is 2.86. The van der Waals surface area contributed by atoms with Crippen LogP contribution < -0.4 is 15.4 Å². The molecule has 1 saturated carbocycles. The lowest BCUT2D eigenvalue weighted by Crippen LogP contribution is -2.41. The molecule has 0 bridgehead atoms. The number of urea groups is 1. The normalized spacial score (nSPS) is 19.5. The van der Waals surface area contributed by atoms with Gasteiger partial charge < -0.3 is 15.4 Å². The number of pyridine rings is 2. The lowest BCUT2D eigenvalue weighted by molar-refractivity contribution is 0.135. The van der Waals surface area contributed by atoms with Crippen molar-refractivity contribution in [3.05, 3.63) is 48.4 Å². The van der Waals surface area contributed by atoms with Crippen LogP contribution in [0.15, 0.2) is 42.9 Å². The maximum absolute atomic E-state index is 12.0. The van der Waals surface area contributed by atoms with E-state index < -0.39 is 0 Å².